The minimum absolute atomic E-state index is 0.0253. The van der Waals surface area contributed by atoms with Crippen LogP contribution in [0.15, 0.2) is 11.8 Å². The third-order valence-corrected chi connectivity index (χ3v) is 1.18. The van der Waals surface area contributed by atoms with E-state index in [1.54, 1.807) is 6.92 Å². The third-order valence-electron chi connectivity index (χ3n) is 1.18. The zero-order valence-corrected chi connectivity index (χ0v) is 6.73. The van der Waals surface area contributed by atoms with Gasteiger partial charge < -0.3 is 4.74 Å². The van der Waals surface area contributed by atoms with Gasteiger partial charge in [-0.3, -0.25) is 4.79 Å². The molecule has 0 fully saturated rings. The SMILES string of the molecule is CC/C(=C/C(=O)C(F)(F)F)OC. The lowest BCUT2D eigenvalue weighted by atomic mass is 10.3. The van der Waals surface area contributed by atoms with Crippen LogP contribution in [0.3, 0.4) is 0 Å². The normalized spacial score (nSPS) is 12.9. The van der Waals surface area contributed by atoms with E-state index in [-0.39, 0.29) is 12.2 Å². The van der Waals surface area contributed by atoms with Gasteiger partial charge in [-0.15, -0.1) is 0 Å². The Morgan fingerprint density at radius 2 is 2.00 bits per heavy atom. The molecule has 0 aliphatic heterocycles. The van der Waals surface area contributed by atoms with Gasteiger partial charge in [0.05, 0.1) is 12.9 Å². The first-order chi connectivity index (χ1) is 5.41. The van der Waals surface area contributed by atoms with Crippen molar-refractivity contribution in [2.24, 2.45) is 0 Å². The smallest absolute Gasteiger partial charge is 0.454 e. The van der Waals surface area contributed by atoms with Crippen molar-refractivity contribution in [3.8, 4) is 0 Å². The Bertz CT molecular complexity index is 187. The summed E-state index contributed by atoms with van der Waals surface area (Å²) >= 11 is 0. The molecule has 2 nitrogen and oxygen atoms in total. The summed E-state index contributed by atoms with van der Waals surface area (Å²) in [5.41, 5.74) is 0. The van der Waals surface area contributed by atoms with Gasteiger partial charge in [0.25, 0.3) is 5.78 Å². The maximum Gasteiger partial charge on any atom is 0.454 e. The first kappa shape index (κ1) is 11.0. The summed E-state index contributed by atoms with van der Waals surface area (Å²) in [5, 5.41) is 0. The highest BCUT2D eigenvalue weighted by atomic mass is 19.4. The topological polar surface area (TPSA) is 26.3 Å². The molecule has 0 spiro atoms. The molecule has 0 saturated heterocycles. The van der Waals surface area contributed by atoms with Gasteiger partial charge in [0.2, 0.25) is 0 Å². The molecule has 0 aromatic rings. The summed E-state index contributed by atoms with van der Waals surface area (Å²) in [7, 11) is 1.22. The van der Waals surface area contributed by atoms with Crippen molar-refractivity contribution >= 4 is 5.78 Å². The minimum Gasteiger partial charge on any atom is -0.501 e. The molecule has 0 N–H and O–H groups in total. The van der Waals surface area contributed by atoms with E-state index in [2.05, 4.69) is 4.74 Å². The second-order valence-corrected chi connectivity index (χ2v) is 2.03. The van der Waals surface area contributed by atoms with Gasteiger partial charge in [-0.1, -0.05) is 6.92 Å². The fraction of sp³-hybridized carbons (Fsp3) is 0.571. The molecule has 5 heteroatoms. The number of ether oxygens (including phenoxy) is 1. The minimum atomic E-state index is -4.81. The van der Waals surface area contributed by atoms with E-state index in [0.29, 0.717) is 6.08 Å². The highest BCUT2D eigenvalue weighted by Crippen LogP contribution is 2.18. The number of carbonyl (C=O) groups is 1. The van der Waals surface area contributed by atoms with Crippen molar-refractivity contribution in [1.29, 1.82) is 0 Å². The van der Waals surface area contributed by atoms with Gasteiger partial charge in [-0.2, -0.15) is 13.2 Å². The monoisotopic (exact) mass is 182 g/mol. The molecule has 0 radical (unpaired) electrons. The number of hydrogen-bond donors (Lipinski definition) is 0. The fourth-order valence-electron chi connectivity index (χ4n) is 0.533. The Kier molecular flexibility index (Phi) is 3.79. The van der Waals surface area contributed by atoms with Crippen LogP contribution in [-0.2, 0) is 9.53 Å². The van der Waals surface area contributed by atoms with Gasteiger partial charge in [-0.25, -0.2) is 0 Å². The molecule has 12 heavy (non-hydrogen) atoms. The second kappa shape index (κ2) is 4.13. The van der Waals surface area contributed by atoms with E-state index in [9.17, 15) is 18.0 Å². The molecule has 0 aromatic heterocycles. The van der Waals surface area contributed by atoms with Crippen molar-refractivity contribution in [1.82, 2.24) is 0 Å². The molecule has 70 valence electrons. The lowest BCUT2D eigenvalue weighted by Gasteiger charge is -2.03. The number of ketones is 1. The zero-order valence-electron chi connectivity index (χ0n) is 6.73. The standard InChI is InChI=1S/C7H9F3O2/c1-3-5(12-2)4-6(11)7(8,9)10/h4H,3H2,1-2H3/b5-4-. The number of methoxy groups -OCH3 is 1. The summed E-state index contributed by atoms with van der Waals surface area (Å²) in [5.74, 6) is -1.86. The van der Waals surface area contributed by atoms with Crippen molar-refractivity contribution < 1.29 is 22.7 Å². The molecule has 0 aliphatic rings. The molecule has 0 unspecified atom stereocenters. The van der Waals surface area contributed by atoms with Gasteiger partial charge in [0.15, 0.2) is 0 Å². The van der Waals surface area contributed by atoms with Crippen LogP contribution in [0.1, 0.15) is 13.3 Å². The molecular weight excluding hydrogens is 173 g/mol. The largest absolute Gasteiger partial charge is 0.501 e. The number of rotatable bonds is 3. The highest BCUT2D eigenvalue weighted by Gasteiger charge is 2.36. The third kappa shape index (κ3) is 3.41. The van der Waals surface area contributed by atoms with Crippen molar-refractivity contribution in [2.45, 2.75) is 19.5 Å². The lowest BCUT2D eigenvalue weighted by molar-refractivity contribution is -0.165. The van der Waals surface area contributed by atoms with E-state index < -0.39 is 12.0 Å². The number of hydrogen-bond acceptors (Lipinski definition) is 2. The van der Waals surface area contributed by atoms with Crippen molar-refractivity contribution in [3.05, 3.63) is 11.8 Å². The first-order valence-corrected chi connectivity index (χ1v) is 3.27. The number of allylic oxidation sites excluding steroid dienone is 2. The van der Waals surface area contributed by atoms with Crippen molar-refractivity contribution in [2.75, 3.05) is 7.11 Å². The molecule has 0 heterocycles. The number of alkyl halides is 3. The highest BCUT2D eigenvalue weighted by molar-refractivity contribution is 5.94. The van der Waals surface area contributed by atoms with E-state index in [1.807, 2.05) is 0 Å². The Labute approximate surface area is 68.0 Å². The van der Waals surface area contributed by atoms with Gasteiger partial charge >= 0.3 is 6.18 Å². The molecule has 0 bridgehead atoms. The molecule has 0 aliphatic carbocycles. The predicted octanol–water partition coefficient (Wildman–Crippen LogP) is 2.06. The maximum atomic E-state index is 11.6. The quantitative estimate of drug-likeness (QED) is 0.493. The predicted molar refractivity (Wildman–Crippen MR) is 36.4 cm³/mol. The van der Waals surface area contributed by atoms with E-state index in [4.69, 9.17) is 0 Å². The Morgan fingerprint density at radius 3 is 2.25 bits per heavy atom. The molecular formula is C7H9F3O2. The number of halogens is 3. The Morgan fingerprint density at radius 1 is 1.50 bits per heavy atom. The number of carbonyl (C=O) groups excluding carboxylic acids is 1. The molecule has 0 aromatic carbocycles. The second-order valence-electron chi connectivity index (χ2n) is 2.03. The van der Waals surface area contributed by atoms with Crippen LogP contribution in [-0.4, -0.2) is 19.1 Å². The zero-order chi connectivity index (χ0) is 9.78. The summed E-state index contributed by atoms with van der Waals surface area (Å²) < 4.78 is 39.4. The Hall–Kier alpha value is -1.00. The molecule has 0 saturated carbocycles. The summed E-state index contributed by atoms with van der Waals surface area (Å²) in [6.07, 6.45) is -4.09. The van der Waals surface area contributed by atoms with E-state index in [1.165, 1.54) is 7.11 Å². The molecule has 0 amide bonds. The van der Waals surface area contributed by atoms with Crippen LogP contribution in [0.4, 0.5) is 13.2 Å². The first-order valence-electron chi connectivity index (χ1n) is 3.27. The van der Waals surface area contributed by atoms with Crippen LogP contribution < -0.4 is 0 Å². The van der Waals surface area contributed by atoms with Crippen molar-refractivity contribution in [3.63, 3.8) is 0 Å². The van der Waals surface area contributed by atoms with E-state index >= 15 is 0 Å². The summed E-state index contributed by atoms with van der Waals surface area (Å²) in [6, 6.07) is 0. The van der Waals surface area contributed by atoms with Crippen LogP contribution in [0.25, 0.3) is 0 Å². The van der Waals surface area contributed by atoms with Crippen LogP contribution in [0, 0.1) is 0 Å². The molecule has 0 rings (SSSR count). The van der Waals surface area contributed by atoms with Crippen LogP contribution in [0.2, 0.25) is 0 Å². The average Bonchev–Trinajstić information content (AvgIpc) is 1.97. The van der Waals surface area contributed by atoms with Gasteiger partial charge in [0.1, 0.15) is 0 Å². The Balaban J connectivity index is 4.42. The van der Waals surface area contributed by atoms with E-state index in [0.717, 1.165) is 0 Å². The molecule has 0 atom stereocenters. The summed E-state index contributed by atoms with van der Waals surface area (Å²) in [4.78, 5) is 10.3. The maximum absolute atomic E-state index is 11.6. The van der Waals surface area contributed by atoms with Gasteiger partial charge in [-0.05, 0) is 0 Å². The van der Waals surface area contributed by atoms with Crippen LogP contribution >= 0.6 is 0 Å². The lowest BCUT2D eigenvalue weighted by Crippen LogP contribution is -2.20. The average molecular weight is 182 g/mol. The van der Waals surface area contributed by atoms with Gasteiger partial charge in [0, 0.05) is 12.5 Å². The fourth-order valence-corrected chi connectivity index (χ4v) is 0.533. The van der Waals surface area contributed by atoms with Crippen LogP contribution in [0.5, 0.6) is 0 Å². The summed E-state index contributed by atoms with van der Waals surface area (Å²) in [6.45, 7) is 1.60.